The molecule has 1 saturated heterocycles. The van der Waals surface area contributed by atoms with Crippen LogP contribution in [0.5, 0.6) is 0 Å². The molecule has 0 bridgehead atoms. The number of benzene rings is 1. The highest BCUT2D eigenvalue weighted by molar-refractivity contribution is 6.30. The van der Waals surface area contributed by atoms with Gasteiger partial charge in [0.1, 0.15) is 0 Å². The molecular weight excluding hydrogens is 238 g/mol. The van der Waals surface area contributed by atoms with Crippen LogP contribution in [-0.2, 0) is 4.79 Å². The van der Waals surface area contributed by atoms with Gasteiger partial charge in [-0.05, 0) is 30.7 Å². The predicted octanol–water partition coefficient (Wildman–Crippen LogP) is 2.56. The highest BCUT2D eigenvalue weighted by atomic mass is 35.5. The summed E-state index contributed by atoms with van der Waals surface area (Å²) in [7, 11) is 0. The van der Waals surface area contributed by atoms with Crippen molar-refractivity contribution in [3.8, 4) is 0 Å². The normalized spacial score (nSPS) is 21.6. The summed E-state index contributed by atoms with van der Waals surface area (Å²) in [5, 5.41) is 3.29. The average molecular weight is 250 g/mol. The van der Waals surface area contributed by atoms with Crippen LogP contribution in [-0.4, -0.2) is 11.7 Å². The largest absolute Gasteiger partial charge is 0.329 e. The van der Waals surface area contributed by atoms with Crippen LogP contribution in [0.3, 0.4) is 0 Å². The van der Waals surface area contributed by atoms with E-state index in [0.717, 1.165) is 0 Å². The Morgan fingerprint density at radius 2 is 2.06 bits per heavy atom. The Morgan fingerprint density at radius 1 is 1.41 bits per heavy atom. The molecule has 17 heavy (non-hydrogen) atoms. The molecule has 1 atom stereocenters. The third-order valence-electron chi connectivity index (χ3n) is 2.69. The van der Waals surface area contributed by atoms with Gasteiger partial charge < -0.3 is 5.32 Å². The van der Waals surface area contributed by atoms with Crippen LogP contribution >= 0.6 is 11.6 Å². The van der Waals surface area contributed by atoms with E-state index in [1.54, 1.807) is 24.3 Å². The number of hydrogen-bond acceptors (Lipinski definition) is 2. The molecule has 0 saturated carbocycles. The number of carbonyl (C=O) groups excluding carboxylic acids is 2. The van der Waals surface area contributed by atoms with Crippen LogP contribution in [0.4, 0.5) is 0 Å². The van der Waals surface area contributed by atoms with E-state index in [1.165, 1.54) is 6.08 Å². The number of nitrogens with one attached hydrogen (secondary N) is 1. The minimum absolute atomic E-state index is 0.0276. The molecule has 1 N–H and O–H groups in total. The summed E-state index contributed by atoms with van der Waals surface area (Å²) in [4.78, 5) is 23.1. The number of hydrogen-bond donors (Lipinski definition) is 1. The summed E-state index contributed by atoms with van der Waals surface area (Å²) in [5.74, 6) is -0.203. The number of halogens is 1. The van der Waals surface area contributed by atoms with Crippen molar-refractivity contribution < 1.29 is 9.59 Å². The van der Waals surface area contributed by atoms with Gasteiger partial charge in [0.15, 0.2) is 5.78 Å². The summed E-state index contributed by atoms with van der Waals surface area (Å²) >= 11 is 5.74. The number of rotatable bonds is 2. The maximum Gasteiger partial charge on any atom is 0.227 e. The molecule has 4 heteroatoms. The van der Waals surface area contributed by atoms with Crippen molar-refractivity contribution in [2.75, 3.05) is 0 Å². The molecule has 1 fully saturated rings. The lowest BCUT2D eigenvalue weighted by Gasteiger charge is -1.98. The summed E-state index contributed by atoms with van der Waals surface area (Å²) in [5.41, 5.74) is 1.25. The molecule has 2 rings (SSSR count). The SMILES string of the molecule is C[C@@H]1C/C(=C/C(=O)c2ccc(Cl)cc2)NC1=O. The lowest BCUT2D eigenvalue weighted by Crippen LogP contribution is -2.16. The van der Waals surface area contributed by atoms with Crippen LogP contribution in [0.1, 0.15) is 23.7 Å². The second-order valence-electron chi connectivity index (χ2n) is 4.14. The quantitative estimate of drug-likeness (QED) is 0.647. The van der Waals surface area contributed by atoms with Crippen LogP contribution < -0.4 is 5.32 Å². The Bertz CT molecular complexity index is 491. The molecule has 3 nitrogen and oxygen atoms in total. The van der Waals surface area contributed by atoms with E-state index in [9.17, 15) is 9.59 Å². The van der Waals surface area contributed by atoms with Gasteiger partial charge in [-0.3, -0.25) is 9.59 Å². The summed E-state index contributed by atoms with van der Waals surface area (Å²) < 4.78 is 0. The van der Waals surface area contributed by atoms with Crippen molar-refractivity contribution in [3.63, 3.8) is 0 Å². The van der Waals surface area contributed by atoms with Gasteiger partial charge in [0.2, 0.25) is 5.91 Å². The molecular formula is C13H12ClNO2. The molecule has 1 aliphatic rings. The Morgan fingerprint density at radius 3 is 2.59 bits per heavy atom. The minimum atomic E-state index is -0.119. The third-order valence-corrected chi connectivity index (χ3v) is 2.94. The molecule has 88 valence electrons. The van der Waals surface area contributed by atoms with Crippen molar-refractivity contribution in [3.05, 3.63) is 46.6 Å². The van der Waals surface area contributed by atoms with Gasteiger partial charge in [-0.15, -0.1) is 0 Å². The van der Waals surface area contributed by atoms with Gasteiger partial charge in [-0.1, -0.05) is 18.5 Å². The molecule has 0 aliphatic carbocycles. The maximum atomic E-state index is 11.9. The molecule has 0 spiro atoms. The Labute approximate surface area is 104 Å². The highest BCUT2D eigenvalue weighted by Gasteiger charge is 2.23. The first kappa shape index (κ1) is 11.9. The van der Waals surface area contributed by atoms with E-state index in [-0.39, 0.29) is 17.6 Å². The Kier molecular flexibility index (Phi) is 3.29. The molecule has 0 radical (unpaired) electrons. The predicted molar refractivity (Wildman–Crippen MR) is 65.8 cm³/mol. The topological polar surface area (TPSA) is 46.2 Å². The van der Waals surface area contributed by atoms with E-state index in [0.29, 0.717) is 22.7 Å². The Hall–Kier alpha value is -1.61. The Balaban J connectivity index is 2.14. The van der Waals surface area contributed by atoms with Crippen molar-refractivity contribution in [2.45, 2.75) is 13.3 Å². The summed E-state index contributed by atoms with van der Waals surface area (Å²) in [6.45, 7) is 1.84. The van der Waals surface area contributed by atoms with E-state index >= 15 is 0 Å². The van der Waals surface area contributed by atoms with Crippen molar-refractivity contribution in [1.29, 1.82) is 0 Å². The van der Waals surface area contributed by atoms with E-state index in [2.05, 4.69) is 5.32 Å². The number of carbonyl (C=O) groups is 2. The van der Waals surface area contributed by atoms with Crippen molar-refractivity contribution in [1.82, 2.24) is 5.32 Å². The number of allylic oxidation sites excluding steroid dienone is 2. The minimum Gasteiger partial charge on any atom is -0.329 e. The average Bonchev–Trinajstić information content (AvgIpc) is 2.58. The van der Waals surface area contributed by atoms with Gasteiger partial charge in [0, 0.05) is 28.3 Å². The zero-order chi connectivity index (χ0) is 12.4. The molecule has 1 aromatic carbocycles. The monoisotopic (exact) mass is 249 g/mol. The van der Waals surface area contributed by atoms with Gasteiger partial charge in [0.25, 0.3) is 0 Å². The maximum absolute atomic E-state index is 11.9. The first-order chi connectivity index (χ1) is 8.06. The van der Waals surface area contributed by atoms with Gasteiger partial charge in [-0.25, -0.2) is 0 Å². The summed E-state index contributed by atoms with van der Waals surface area (Å²) in [6.07, 6.45) is 2.07. The molecule has 0 aromatic heterocycles. The highest BCUT2D eigenvalue weighted by Crippen LogP contribution is 2.18. The zero-order valence-corrected chi connectivity index (χ0v) is 10.1. The molecule has 1 aliphatic heterocycles. The molecule has 1 aromatic rings. The van der Waals surface area contributed by atoms with Crippen LogP contribution in [0.15, 0.2) is 36.0 Å². The lowest BCUT2D eigenvalue weighted by molar-refractivity contribution is -0.121. The van der Waals surface area contributed by atoms with Crippen molar-refractivity contribution >= 4 is 23.3 Å². The van der Waals surface area contributed by atoms with Crippen LogP contribution in [0.2, 0.25) is 5.02 Å². The first-order valence-electron chi connectivity index (χ1n) is 5.37. The lowest BCUT2D eigenvalue weighted by atomic mass is 10.1. The van der Waals surface area contributed by atoms with Gasteiger partial charge in [-0.2, -0.15) is 0 Å². The molecule has 1 amide bonds. The smallest absolute Gasteiger partial charge is 0.227 e. The van der Waals surface area contributed by atoms with Gasteiger partial charge in [0.05, 0.1) is 0 Å². The second kappa shape index (κ2) is 4.72. The number of ketones is 1. The summed E-state index contributed by atoms with van der Waals surface area (Å²) in [6, 6.07) is 6.68. The van der Waals surface area contributed by atoms with E-state index in [1.807, 2.05) is 6.92 Å². The van der Waals surface area contributed by atoms with Crippen LogP contribution in [0.25, 0.3) is 0 Å². The van der Waals surface area contributed by atoms with Crippen LogP contribution in [0, 0.1) is 5.92 Å². The fourth-order valence-corrected chi connectivity index (χ4v) is 1.83. The fraction of sp³-hybridized carbons (Fsp3) is 0.231. The first-order valence-corrected chi connectivity index (χ1v) is 5.75. The van der Waals surface area contributed by atoms with Gasteiger partial charge >= 0.3 is 0 Å². The number of amides is 1. The van der Waals surface area contributed by atoms with E-state index in [4.69, 9.17) is 11.6 Å². The zero-order valence-electron chi connectivity index (χ0n) is 9.37. The molecule has 1 heterocycles. The second-order valence-corrected chi connectivity index (χ2v) is 4.57. The van der Waals surface area contributed by atoms with Crippen molar-refractivity contribution in [2.24, 2.45) is 5.92 Å². The molecule has 0 unspecified atom stereocenters. The van der Waals surface area contributed by atoms with E-state index < -0.39 is 0 Å². The fourth-order valence-electron chi connectivity index (χ4n) is 1.71. The standard InChI is InChI=1S/C13H12ClNO2/c1-8-6-11(15-13(8)17)7-12(16)9-2-4-10(14)5-3-9/h2-5,7-8H,6H2,1H3,(H,15,17)/b11-7-/t8-/m1/s1. The third kappa shape index (κ3) is 2.74.